The zero-order valence-electron chi connectivity index (χ0n) is 11.8. The first-order valence-corrected chi connectivity index (χ1v) is 7.19. The molecule has 0 aliphatic carbocycles. The zero-order chi connectivity index (χ0) is 14.9. The van der Waals surface area contributed by atoms with Crippen LogP contribution >= 0.6 is 15.9 Å². The number of nitrogens with one attached hydrogen (secondary N) is 1. The van der Waals surface area contributed by atoms with E-state index in [0.29, 0.717) is 5.69 Å². The van der Waals surface area contributed by atoms with Crippen LogP contribution in [0.2, 0.25) is 0 Å². The third-order valence-electron chi connectivity index (χ3n) is 3.15. The first-order valence-electron chi connectivity index (χ1n) is 6.40. The predicted octanol–water partition coefficient (Wildman–Crippen LogP) is 3.31. The highest BCUT2D eigenvalue weighted by Crippen LogP contribution is 2.25. The summed E-state index contributed by atoms with van der Waals surface area (Å²) in [5.74, 6) is -0.199. The van der Waals surface area contributed by atoms with E-state index in [0.717, 1.165) is 15.4 Å². The second-order valence-corrected chi connectivity index (χ2v) is 6.78. The fourth-order valence-corrected chi connectivity index (χ4v) is 2.19. The Labute approximate surface area is 126 Å². The third-order valence-corrected chi connectivity index (χ3v) is 3.58. The molecule has 0 radical (unpaired) electrons. The van der Waals surface area contributed by atoms with Crippen LogP contribution < -0.4 is 11.1 Å². The number of nitrogens with two attached hydrogens (primary N) is 1. The molecule has 4 nitrogen and oxygen atoms in total. The standard InChI is InChI=1S/C15H18BrN3O/c1-15(2,3)13(17)14(20)19-11-6-4-5-9-7-10(16)8-18-12(9)11/h4-8,13H,17H2,1-3H3,(H,19,20)/t13-/m0/s1. The van der Waals surface area contributed by atoms with E-state index >= 15 is 0 Å². The summed E-state index contributed by atoms with van der Waals surface area (Å²) < 4.78 is 0.903. The van der Waals surface area contributed by atoms with Crippen molar-refractivity contribution < 1.29 is 4.79 Å². The monoisotopic (exact) mass is 335 g/mol. The minimum absolute atomic E-state index is 0.199. The number of carbonyl (C=O) groups excluding carboxylic acids is 1. The number of hydrogen-bond acceptors (Lipinski definition) is 3. The molecule has 0 fully saturated rings. The van der Waals surface area contributed by atoms with Gasteiger partial charge in [-0.2, -0.15) is 0 Å². The Morgan fingerprint density at radius 1 is 1.40 bits per heavy atom. The van der Waals surface area contributed by atoms with Crippen molar-refractivity contribution in [1.29, 1.82) is 0 Å². The van der Waals surface area contributed by atoms with Gasteiger partial charge in [0.1, 0.15) is 0 Å². The summed E-state index contributed by atoms with van der Waals surface area (Å²) in [4.78, 5) is 16.5. The first kappa shape index (κ1) is 14.9. The van der Waals surface area contributed by atoms with Crippen molar-refractivity contribution in [3.63, 3.8) is 0 Å². The Balaban J connectivity index is 2.33. The Morgan fingerprint density at radius 3 is 2.75 bits per heavy atom. The van der Waals surface area contributed by atoms with Crippen LogP contribution in [0.5, 0.6) is 0 Å². The van der Waals surface area contributed by atoms with Gasteiger partial charge in [-0.15, -0.1) is 0 Å². The molecule has 1 aromatic carbocycles. The lowest BCUT2D eigenvalue weighted by Crippen LogP contribution is -2.45. The van der Waals surface area contributed by atoms with E-state index in [-0.39, 0.29) is 11.3 Å². The summed E-state index contributed by atoms with van der Waals surface area (Å²) in [7, 11) is 0. The molecular weight excluding hydrogens is 318 g/mol. The molecule has 1 amide bonds. The molecule has 0 unspecified atom stereocenters. The minimum atomic E-state index is -0.576. The first-order chi connectivity index (χ1) is 9.29. The highest BCUT2D eigenvalue weighted by atomic mass is 79.9. The van der Waals surface area contributed by atoms with Gasteiger partial charge < -0.3 is 11.1 Å². The fourth-order valence-electron chi connectivity index (χ4n) is 1.84. The van der Waals surface area contributed by atoms with Crippen molar-refractivity contribution in [1.82, 2.24) is 4.98 Å². The zero-order valence-corrected chi connectivity index (χ0v) is 13.4. The molecule has 2 rings (SSSR count). The molecule has 1 aromatic heterocycles. The lowest BCUT2D eigenvalue weighted by Gasteiger charge is -2.25. The van der Waals surface area contributed by atoms with Gasteiger partial charge in [-0.3, -0.25) is 9.78 Å². The van der Waals surface area contributed by atoms with Crippen LogP contribution in [0.4, 0.5) is 5.69 Å². The van der Waals surface area contributed by atoms with Gasteiger partial charge >= 0.3 is 0 Å². The van der Waals surface area contributed by atoms with Gasteiger partial charge in [0.2, 0.25) is 5.91 Å². The number of fused-ring (bicyclic) bond motifs is 1. The average Bonchev–Trinajstić information content (AvgIpc) is 2.36. The molecule has 2 aromatic rings. The molecule has 0 bridgehead atoms. The smallest absolute Gasteiger partial charge is 0.241 e. The molecular formula is C15H18BrN3O. The van der Waals surface area contributed by atoms with Crippen molar-refractivity contribution in [3.8, 4) is 0 Å². The fraction of sp³-hybridized carbons (Fsp3) is 0.333. The summed E-state index contributed by atoms with van der Waals surface area (Å²) in [5.41, 5.74) is 7.12. The maximum Gasteiger partial charge on any atom is 0.241 e. The summed E-state index contributed by atoms with van der Waals surface area (Å²) in [5, 5.41) is 3.83. The van der Waals surface area contributed by atoms with E-state index in [1.165, 1.54) is 0 Å². The molecule has 3 N–H and O–H groups in total. The van der Waals surface area contributed by atoms with Gasteiger partial charge in [-0.1, -0.05) is 32.9 Å². The number of nitrogens with zero attached hydrogens (tertiary/aromatic N) is 1. The number of benzene rings is 1. The van der Waals surface area contributed by atoms with Crippen LogP contribution in [0.3, 0.4) is 0 Å². The highest BCUT2D eigenvalue weighted by molar-refractivity contribution is 9.10. The Bertz CT molecular complexity index is 649. The van der Waals surface area contributed by atoms with Gasteiger partial charge in [-0.05, 0) is 33.5 Å². The third kappa shape index (κ3) is 3.16. The summed E-state index contributed by atoms with van der Waals surface area (Å²) in [6.45, 7) is 5.82. The second kappa shape index (κ2) is 5.50. The maximum absolute atomic E-state index is 12.2. The molecule has 1 atom stereocenters. The molecule has 106 valence electrons. The van der Waals surface area contributed by atoms with Crippen LogP contribution in [0.15, 0.2) is 34.9 Å². The van der Waals surface area contributed by atoms with Crippen molar-refractivity contribution in [2.24, 2.45) is 11.1 Å². The SMILES string of the molecule is CC(C)(C)[C@@H](N)C(=O)Nc1cccc2cc(Br)cnc12. The van der Waals surface area contributed by atoms with Crippen molar-refractivity contribution in [2.75, 3.05) is 5.32 Å². The summed E-state index contributed by atoms with van der Waals surface area (Å²) >= 11 is 3.39. The summed E-state index contributed by atoms with van der Waals surface area (Å²) in [6, 6.07) is 7.05. The molecule has 5 heteroatoms. The molecule has 0 spiro atoms. The van der Waals surface area contributed by atoms with Crippen LogP contribution in [0.1, 0.15) is 20.8 Å². The van der Waals surface area contributed by atoms with Crippen molar-refractivity contribution in [3.05, 3.63) is 34.9 Å². The number of amides is 1. The van der Waals surface area contributed by atoms with Crippen LogP contribution in [-0.2, 0) is 4.79 Å². The largest absolute Gasteiger partial charge is 0.323 e. The van der Waals surface area contributed by atoms with E-state index < -0.39 is 6.04 Å². The number of halogens is 1. The van der Waals surface area contributed by atoms with E-state index in [2.05, 4.69) is 26.2 Å². The van der Waals surface area contributed by atoms with Gasteiger partial charge in [-0.25, -0.2) is 0 Å². The predicted molar refractivity (Wildman–Crippen MR) is 85.5 cm³/mol. The van der Waals surface area contributed by atoms with Gasteiger partial charge in [0.15, 0.2) is 0 Å². The van der Waals surface area contributed by atoms with Crippen LogP contribution in [0.25, 0.3) is 10.9 Å². The lowest BCUT2D eigenvalue weighted by atomic mass is 9.87. The number of carbonyl (C=O) groups is 1. The van der Waals surface area contributed by atoms with Gasteiger partial charge in [0.25, 0.3) is 0 Å². The average molecular weight is 336 g/mol. The number of aromatic nitrogens is 1. The molecule has 0 aliphatic heterocycles. The highest BCUT2D eigenvalue weighted by Gasteiger charge is 2.27. The van der Waals surface area contributed by atoms with Crippen molar-refractivity contribution >= 4 is 38.4 Å². The molecule has 0 aliphatic rings. The lowest BCUT2D eigenvalue weighted by molar-refractivity contribution is -0.119. The van der Waals surface area contributed by atoms with Crippen LogP contribution in [-0.4, -0.2) is 16.9 Å². The van der Waals surface area contributed by atoms with Crippen molar-refractivity contribution in [2.45, 2.75) is 26.8 Å². The van der Waals surface area contributed by atoms with E-state index in [4.69, 9.17) is 5.73 Å². The molecule has 20 heavy (non-hydrogen) atoms. The van der Waals surface area contributed by atoms with Crippen LogP contribution in [0, 0.1) is 5.41 Å². The maximum atomic E-state index is 12.2. The number of anilines is 1. The second-order valence-electron chi connectivity index (χ2n) is 5.86. The quantitative estimate of drug-likeness (QED) is 0.884. The Morgan fingerprint density at radius 2 is 2.10 bits per heavy atom. The van der Waals surface area contributed by atoms with Gasteiger partial charge in [0.05, 0.1) is 17.2 Å². The molecule has 0 saturated carbocycles. The number of pyridine rings is 1. The number of para-hydroxylation sites is 1. The number of rotatable bonds is 2. The number of hydrogen-bond donors (Lipinski definition) is 2. The normalized spacial score (nSPS) is 13.2. The Kier molecular flexibility index (Phi) is 4.11. The van der Waals surface area contributed by atoms with E-state index in [9.17, 15) is 4.79 Å². The van der Waals surface area contributed by atoms with E-state index in [1.54, 1.807) is 6.20 Å². The van der Waals surface area contributed by atoms with Gasteiger partial charge in [0, 0.05) is 16.1 Å². The topological polar surface area (TPSA) is 68.0 Å². The molecule has 1 heterocycles. The van der Waals surface area contributed by atoms with E-state index in [1.807, 2.05) is 45.0 Å². The minimum Gasteiger partial charge on any atom is -0.323 e. The molecule has 0 saturated heterocycles. The Hall–Kier alpha value is -1.46. The summed E-state index contributed by atoms with van der Waals surface area (Å²) in [6.07, 6.45) is 1.71.